The van der Waals surface area contributed by atoms with E-state index in [0.29, 0.717) is 5.41 Å². The van der Waals surface area contributed by atoms with Crippen molar-refractivity contribution in [2.24, 2.45) is 5.41 Å². The van der Waals surface area contributed by atoms with Crippen LogP contribution in [0.25, 0.3) is 0 Å². The summed E-state index contributed by atoms with van der Waals surface area (Å²) in [4.78, 5) is 2.48. The summed E-state index contributed by atoms with van der Waals surface area (Å²) in [6.45, 7) is 13.1. The van der Waals surface area contributed by atoms with Gasteiger partial charge in [0.15, 0.2) is 0 Å². The van der Waals surface area contributed by atoms with Crippen molar-refractivity contribution < 1.29 is 4.74 Å². The maximum atomic E-state index is 5.03. The molecule has 0 aromatic carbocycles. The van der Waals surface area contributed by atoms with E-state index in [9.17, 15) is 0 Å². The molecule has 0 radical (unpaired) electrons. The van der Waals surface area contributed by atoms with Gasteiger partial charge in [0, 0.05) is 20.2 Å². The van der Waals surface area contributed by atoms with Crippen molar-refractivity contribution >= 4 is 0 Å². The number of hydrogen-bond acceptors (Lipinski definition) is 2. The van der Waals surface area contributed by atoms with E-state index in [4.69, 9.17) is 4.74 Å². The molecule has 0 aromatic heterocycles. The third-order valence-electron chi connectivity index (χ3n) is 2.37. The molecule has 0 aromatic rings. The van der Waals surface area contributed by atoms with Gasteiger partial charge in [-0.2, -0.15) is 0 Å². The third-order valence-corrected chi connectivity index (χ3v) is 2.37. The van der Waals surface area contributed by atoms with Crippen LogP contribution in [0.15, 0.2) is 0 Å². The van der Waals surface area contributed by atoms with Gasteiger partial charge < -0.3 is 9.64 Å². The molecule has 0 saturated carbocycles. The molecule has 1 aliphatic heterocycles. The van der Waals surface area contributed by atoms with Crippen molar-refractivity contribution in [3.8, 4) is 0 Å². The first-order valence-corrected chi connectivity index (χ1v) is 5.35. The SMILES string of the molecule is CC.COCCN1CCC(C)(C)C1. The second kappa shape index (κ2) is 6.39. The minimum Gasteiger partial charge on any atom is -0.383 e. The summed E-state index contributed by atoms with van der Waals surface area (Å²) in [6, 6.07) is 0. The summed E-state index contributed by atoms with van der Waals surface area (Å²) < 4.78 is 5.03. The fraction of sp³-hybridized carbons (Fsp3) is 1.00. The van der Waals surface area contributed by atoms with E-state index in [0.717, 1.165) is 13.2 Å². The van der Waals surface area contributed by atoms with Crippen molar-refractivity contribution in [1.29, 1.82) is 0 Å². The van der Waals surface area contributed by atoms with Crippen molar-refractivity contribution in [3.63, 3.8) is 0 Å². The summed E-state index contributed by atoms with van der Waals surface area (Å²) in [7, 11) is 1.77. The summed E-state index contributed by atoms with van der Waals surface area (Å²) in [5.74, 6) is 0. The molecule has 0 atom stereocenters. The molecule has 80 valence electrons. The lowest BCUT2D eigenvalue weighted by Crippen LogP contribution is -2.26. The minimum atomic E-state index is 0.535. The lowest BCUT2D eigenvalue weighted by molar-refractivity contribution is 0.155. The fourth-order valence-electron chi connectivity index (χ4n) is 1.64. The number of hydrogen-bond donors (Lipinski definition) is 0. The molecule has 0 N–H and O–H groups in total. The number of likely N-dealkylation sites (tertiary alicyclic amines) is 1. The van der Waals surface area contributed by atoms with E-state index in [1.807, 2.05) is 13.8 Å². The second-order valence-corrected chi connectivity index (χ2v) is 4.18. The van der Waals surface area contributed by atoms with Crippen LogP contribution in [0.4, 0.5) is 0 Å². The molecule has 2 nitrogen and oxygen atoms in total. The van der Waals surface area contributed by atoms with E-state index in [1.165, 1.54) is 19.5 Å². The minimum absolute atomic E-state index is 0.535. The first-order chi connectivity index (χ1) is 6.14. The van der Waals surface area contributed by atoms with Crippen molar-refractivity contribution in [2.75, 3.05) is 33.4 Å². The molecule has 1 rings (SSSR count). The van der Waals surface area contributed by atoms with Gasteiger partial charge in [-0.1, -0.05) is 27.7 Å². The van der Waals surface area contributed by atoms with Gasteiger partial charge in [-0.3, -0.25) is 0 Å². The molecule has 0 bridgehead atoms. The van der Waals surface area contributed by atoms with Crippen LogP contribution in [-0.2, 0) is 4.74 Å². The standard InChI is InChI=1S/C9H19NO.C2H6/c1-9(2)4-5-10(8-9)6-7-11-3;1-2/h4-8H2,1-3H3;1-2H3. The van der Waals surface area contributed by atoms with Crippen LogP contribution in [0, 0.1) is 5.41 Å². The van der Waals surface area contributed by atoms with E-state index in [1.54, 1.807) is 7.11 Å². The predicted octanol–water partition coefficient (Wildman–Crippen LogP) is 2.39. The zero-order valence-corrected chi connectivity index (χ0v) is 9.89. The van der Waals surface area contributed by atoms with Crippen LogP contribution < -0.4 is 0 Å². The van der Waals surface area contributed by atoms with Crippen LogP contribution in [-0.4, -0.2) is 38.3 Å². The third kappa shape index (κ3) is 5.27. The summed E-state index contributed by atoms with van der Waals surface area (Å²) in [5, 5.41) is 0. The van der Waals surface area contributed by atoms with Crippen molar-refractivity contribution in [3.05, 3.63) is 0 Å². The molecule has 0 amide bonds. The molecule has 0 spiro atoms. The molecule has 1 fully saturated rings. The zero-order chi connectivity index (χ0) is 10.3. The highest BCUT2D eigenvalue weighted by molar-refractivity contribution is 4.81. The Morgan fingerprint density at radius 2 is 1.92 bits per heavy atom. The maximum absolute atomic E-state index is 5.03. The quantitative estimate of drug-likeness (QED) is 0.672. The molecule has 1 heterocycles. The fourth-order valence-corrected chi connectivity index (χ4v) is 1.64. The Kier molecular flexibility index (Phi) is 6.35. The largest absolute Gasteiger partial charge is 0.383 e. The van der Waals surface area contributed by atoms with Gasteiger partial charge in [-0.15, -0.1) is 0 Å². The van der Waals surface area contributed by atoms with Gasteiger partial charge in [0.1, 0.15) is 0 Å². The topological polar surface area (TPSA) is 12.5 Å². The smallest absolute Gasteiger partial charge is 0.0589 e. The summed E-state index contributed by atoms with van der Waals surface area (Å²) in [6.07, 6.45) is 1.33. The highest BCUT2D eigenvalue weighted by atomic mass is 16.5. The Hall–Kier alpha value is -0.0800. The number of ether oxygens (including phenoxy) is 1. The van der Waals surface area contributed by atoms with E-state index < -0.39 is 0 Å². The molecule has 2 heteroatoms. The summed E-state index contributed by atoms with van der Waals surface area (Å²) >= 11 is 0. The van der Waals surface area contributed by atoms with Gasteiger partial charge >= 0.3 is 0 Å². The van der Waals surface area contributed by atoms with Crippen LogP contribution in [0.5, 0.6) is 0 Å². The Morgan fingerprint density at radius 1 is 1.31 bits per heavy atom. The predicted molar refractivity (Wildman–Crippen MR) is 58.1 cm³/mol. The highest BCUT2D eigenvalue weighted by Crippen LogP contribution is 2.28. The molecule has 0 unspecified atom stereocenters. The van der Waals surface area contributed by atoms with Gasteiger partial charge in [-0.25, -0.2) is 0 Å². The highest BCUT2D eigenvalue weighted by Gasteiger charge is 2.28. The van der Waals surface area contributed by atoms with Crippen LogP contribution in [0.2, 0.25) is 0 Å². The van der Waals surface area contributed by atoms with E-state index in [-0.39, 0.29) is 0 Å². The number of nitrogens with zero attached hydrogens (tertiary/aromatic N) is 1. The van der Waals surface area contributed by atoms with E-state index >= 15 is 0 Å². The Balaban J connectivity index is 0.000000671. The average Bonchev–Trinajstić information content (AvgIpc) is 2.46. The molecular weight excluding hydrogens is 162 g/mol. The number of methoxy groups -OCH3 is 1. The van der Waals surface area contributed by atoms with Gasteiger partial charge in [0.25, 0.3) is 0 Å². The second-order valence-electron chi connectivity index (χ2n) is 4.18. The van der Waals surface area contributed by atoms with Crippen LogP contribution in [0.1, 0.15) is 34.1 Å². The average molecular weight is 187 g/mol. The molecule has 1 saturated heterocycles. The van der Waals surface area contributed by atoms with Crippen LogP contribution in [0.3, 0.4) is 0 Å². The summed E-state index contributed by atoms with van der Waals surface area (Å²) in [5.41, 5.74) is 0.535. The van der Waals surface area contributed by atoms with Crippen molar-refractivity contribution in [1.82, 2.24) is 4.90 Å². The maximum Gasteiger partial charge on any atom is 0.0589 e. The first-order valence-electron chi connectivity index (χ1n) is 5.35. The van der Waals surface area contributed by atoms with E-state index in [2.05, 4.69) is 18.7 Å². The molecule has 1 aliphatic rings. The monoisotopic (exact) mass is 187 g/mol. The molecule has 13 heavy (non-hydrogen) atoms. The molecular formula is C11H25NO. The van der Waals surface area contributed by atoms with Crippen LogP contribution >= 0.6 is 0 Å². The van der Waals surface area contributed by atoms with Gasteiger partial charge in [-0.05, 0) is 18.4 Å². The number of rotatable bonds is 3. The van der Waals surface area contributed by atoms with Gasteiger partial charge in [0.05, 0.1) is 6.61 Å². The lowest BCUT2D eigenvalue weighted by atomic mass is 9.93. The first kappa shape index (κ1) is 12.9. The lowest BCUT2D eigenvalue weighted by Gasteiger charge is -2.18. The zero-order valence-electron chi connectivity index (χ0n) is 9.89. The Morgan fingerprint density at radius 3 is 2.31 bits per heavy atom. The Labute approximate surface area is 83.3 Å². The van der Waals surface area contributed by atoms with Gasteiger partial charge in [0.2, 0.25) is 0 Å². The molecule has 0 aliphatic carbocycles. The van der Waals surface area contributed by atoms with Crippen molar-refractivity contribution in [2.45, 2.75) is 34.1 Å². The normalized spacial score (nSPS) is 21.0. The Bertz CT molecular complexity index is 123.